The predicted octanol–water partition coefficient (Wildman–Crippen LogP) is 1.02. The summed E-state index contributed by atoms with van der Waals surface area (Å²) in [4.78, 5) is 23.1. The van der Waals surface area contributed by atoms with E-state index in [9.17, 15) is 19.8 Å². The van der Waals surface area contributed by atoms with Crippen LogP contribution in [-0.4, -0.2) is 27.6 Å². The molecule has 0 bridgehead atoms. The number of ketones is 2. The van der Waals surface area contributed by atoms with Crippen LogP contribution in [0.5, 0.6) is 0 Å². The van der Waals surface area contributed by atoms with Crippen molar-refractivity contribution in [1.29, 1.82) is 0 Å². The minimum absolute atomic E-state index is 0.108. The van der Waals surface area contributed by atoms with Crippen molar-refractivity contribution >= 4 is 41.6 Å². The van der Waals surface area contributed by atoms with Crippen molar-refractivity contribution in [2.24, 2.45) is 0 Å². The summed E-state index contributed by atoms with van der Waals surface area (Å²) in [7, 11) is 2.85. The molecule has 0 radical (unpaired) electrons. The average molecular weight is 240 g/mol. The molecule has 0 atom stereocenters. The number of Topliss-reactive ketones (excluding diaryl/α,β-unsaturated/α-hetero) is 2. The van der Waals surface area contributed by atoms with E-state index in [1.807, 2.05) is 0 Å². The van der Waals surface area contributed by atoms with Crippen LogP contribution in [0.4, 0.5) is 0 Å². The fraction of sp³-hybridized carbons (Fsp3) is 0.111. The normalized spacial score (nSPS) is 18.8. The van der Waals surface area contributed by atoms with Gasteiger partial charge in [-0.2, -0.15) is 0 Å². The molecule has 1 aromatic heterocycles. The molecule has 2 N–H and O–H groups in total. The van der Waals surface area contributed by atoms with E-state index in [0.717, 1.165) is 4.70 Å². The van der Waals surface area contributed by atoms with E-state index in [1.54, 1.807) is 6.07 Å². The number of hydrogen-bond donors (Lipinski definition) is 2. The van der Waals surface area contributed by atoms with Gasteiger partial charge in [-0.3, -0.25) is 9.59 Å². The van der Waals surface area contributed by atoms with Gasteiger partial charge in [-0.05, 0) is 12.1 Å². The molecule has 0 saturated carbocycles. The van der Waals surface area contributed by atoms with Crippen LogP contribution in [0.3, 0.4) is 0 Å². The number of carbonyl (C=O) groups is 2. The number of benzene rings is 1. The minimum Gasteiger partial charge on any atom is -0.353 e. The highest BCUT2D eigenvalue weighted by atomic mass is 32.9. The van der Waals surface area contributed by atoms with Gasteiger partial charge in [0.05, 0.1) is 15.0 Å². The van der Waals surface area contributed by atoms with Gasteiger partial charge in [0.2, 0.25) is 11.6 Å². The van der Waals surface area contributed by atoms with Gasteiger partial charge in [0, 0.05) is 5.56 Å². The Balaban J connectivity index is 2.41. The summed E-state index contributed by atoms with van der Waals surface area (Å²) in [6.45, 7) is 0. The van der Waals surface area contributed by atoms with Crippen molar-refractivity contribution < 1.29 is 19.8 Å². The molecule has 1 aromatic carbocycles. The molecule has 1 aliphatic rings. The Morgan fingerprint density at radius 1 is 1.07 bits per heavy atom. The van der Waals surface area contributed by atoms with Crippen LogP contribution in [-0.2, 0) is 0 Å². The monoisotopic (exact) mass is 240 g/mol. The molecule has 4 nitrogen and oxygen atoms in total. The summed E-state index contributed by atoms with van der Waals surface area (Å²) in [6, 6.07) is 3.18. The Morgan fingerprint density at radius 2 is 1.80 bits per heavy atom. The standard InChI is InChI=1S/C9H4O4S2/c10-7-3-1-2-4-6(15-14-4)5(3)8(11)9(7,12)13/h1-2,12-13H. The fourth-order valence-electron chi connectivity index (χ4n) is 1.64. The lowest BCUT2D eigenvalue weighted by Gasteiger charge is -2.08. The van der Waals surface area contributed by atoms with E-state index in [2.05, 4.69) is 0 Å². The Labute approximate surface area is 90.8 Å². The zero-order valence-corrected chi connectivity index (χ0v) is 8.82. The van der Waals surface area contributed by atoms with Crippen LogP contribution in [0.1, 0.15) is 20.7 Å². The molecule has 1 heterocycles. The third kappa shape index (κ3) is 0.920. The Bertz CT molecular complexity index is 605. The maximum absolute atomic E-state index is 11.6. The summed E-state index contributed by atoms with van der Waals surface area (Å²) in [5.41, 5.74) is 0.266. The number of hydrogen-bond acceptors (Lipinski definition) is 6. The van der Waals surface area contributed by atoms with E-state index in [-0.39, 0.29) is 11.1 Å². The van der Waals surface area contributed by atoms with Crippen molar-refractivity contribution in [3.05, 3.63) is 23.3 Å². The smallest absolute Gasteiger partial charge is 0.295 e. The molecular weight excluding hydrogens is 236 g/mol. The van der Waals surface area contributed by atoms with E-state index >= 15 is 0 Å². The van der Waals surface area contributed by atoms with E-state index < -0.39 is 17.4 Å². The van der Waals surface area contributed by atoms with Gasteiger partial charge in [-0.1, -0.05) is 20.7 Å². The van der Waals surface area contributed by atoms with Gasteiger partial charge < -0.3 is 10.2 Å². The molecule has 0 spiro atoms. The molecular formula is C9H4O4S2. The first kappa shape index (κ1) is 9.17. The highest BCUT2D eigenvalue weighted by molar-refractivity contribution is 7.78. The highest BCUT2D eigenvalue weighted by Gasteiger charge is 2.52. The van der Waals surface area contributed by atoms with Gasteiger partial charge in [-0.25, -0.2) is 0 Å². The maximum atomic E-state index is 11.6. The van der Waals surface area contributed by atoms with Crippen molar-refractivity contribution in [2.45, 2.75) is 5.79 Å². The zero-order valence-electron chi connectivity index (χ0n) is 7.18. The lowest BCUT2D eigenvalue weighted by molar-refractivity contribution is -0.0856. The predicted molar refractivity (Wildman–Crippen MR) is 55.5 cm³/mol. The van der Waals surface area contributed by atoms with Crippen molar-refractivity contribution in [2.75, 3.05) is 0 Å². The topological polar surface area (TPSA) is 74.6 Å². The maximum Gasteiger partial charge on any atom is 0.295 e. The zero-order chi connectivity index (χ0) is 10.8. The second-order valence-corrected chi connectivity index (χ2v) is 5.49. The Morgan fingerprint density at radius 3 is 2.40 bits per heavy atom. The minimum atomic E-state index is -2.86. The third-order valence-electron chi connectivity index (χ3n) is 2.44. The summed E-state index contributed by atoms with van der Waals surface area (Å²) >= 11 is 0. The quantitative estimate of drug-likeness (QED) is 0.409. The number of carbonyl (C=O) groups excluding carboxylic acids is 2. The first-order valence-electron chi connectivity index (χ1n) is 4.09. The molecule has 0 saturated heterocycles. The third-order valence-corrected chi connectivity index (χ3v) is 5.05. The number of rotatable bonds is 0. The second kappa shape index (κ2) is 2.53. The van der Waals surface area contributed by atoms with E-state index in [1.165, 1.54) is 26.7 Å². The molecule has 2 aromatic rings. The van der Waals surface area contributed by atoms with Gasteiger partial charge in [0.15, 0.2) is 0 Å². The molecule has 3 rings (SSSR count). The average Bonchev–Trinajstić information content (AvgIpc) is 2.30. The van der Waals surface area contributed by atoms with Crippen molar-refractivity contribution in [3.63, 3.8) is 0 Å². The van der Waals surface area contributed by atoms with Crippen LogP contribution < -0.4 is 0 Å². The van der Waals surface area contributed by atoms with Crippen molar-refractivity contribution in [1.82, 2.24) is 0 Å². The lowest BCUT2D eigenvalue weighted by atomic mass is 10.1. The Hall–Kier alpha value is -1.08. The van der Waals surface area contributed by atoms with Gasteiger partial charge in [0.1, 0.15) is 0 Å². The number of aliphatic hydroxyl groups is 2. The van der Waals surface area contributed by atoms with Crippen LogP contribution in [0.2, 0.25) is 0 Å². The molecule has 0 fully saturated rings. The summed E-state index contributed by atoms with van der Waals surface area (Å²) in [5, 5.41) is 18.7. The molecule has 76 valence electrons. The molecule has 0 unspecified atom stereocenters. The van der Waals surface area contributed by atoms with Crippen LogP contribution in [0.15, 0.2) is 12.1 Å². The molecule has 15 heavy (non-hydrogen) atoms. The van der Waals surface area contributed by atoms with Gasteiger partial charge in [-0.15, -0.1) is 0 Å². The fourth-order valence-corrected chi connectivity index (χ4v) is 3.69. The van der Waals surface area contributed by atoms with Crippen LogP contribution >= 0.6 is 20.7 Å². The van der Waals surface area contributed by atoms with Gasteiger partial charge in [0.25, 0.3) is 5.79 Å². The molecule has 0 aliphatic heterocycles. The van der Waals surface area contributed by atoms with E-state index in [4.69, 9.17) is 0 Å². The molecule has 0 amide bonds. The van der Waals surface area contributed by atoms with Crippen LogP contribution in [0, 0.1) is 0 Å². The summed E-state index contributed by atoms with van der Waals surface area (Å²) in [5.74, 6) is -4.70. The Kier molecular flexibility index (Phi) is 1.55. The largest absolute Gasteiger partial charge is 0.353 e. The van der Waals surface area contributed by atoms with Gasteiger partial charge >= 0.3 is 0 Å². The number of fused-ring (bicyclic) bond motifs is 3. The molecule has 1 aliphatic carbocycles. The first-order chi connectivity index (χ1) is 7.03. The first-order valence-corrected chi connectivity index (χ1v) is 6.24. The summed E-state index contributed by atoms with van der Waals surface area (Å²) < 4.78 is 1.58. The van der Waals surface area contributed by atoms with E-state index in [0.29, 0.717) is 4.70 Å². The SMILES string of the molecule is O=C1c2ccc3ssc3c2C(=O)C1(O)O. The van der Waals surface area contributed by atoms with Crippen molar-refractivity contribution in [3.8, 4) is 0 Å². The van der Waals surface area contributed by atoms with Crippen LogP contribution in [0.25, 0.3) is 9.40 Å². The highest BCUT2D eigenvalue weighted by Crippen LogP contribution is 2.41. The lowest BCUT2D eigenvalue weighted by Crippen LogP contribution is -2.40. The summed E-state index contributed by atoms with van der Waals surface area (Å²) in [6.07, 6.45) is 0. The molecule has 6 heteroatoms. The second-order valence-electron chi connectivity index (χ2n) is 3.31.